The van der Waals surface area contributed by atoms with Gasteiger partial charge in [0.25, 0.3) is 0 Å². The first kappa shape index (κ1) is 17.6. The molecule has 0 unspecified atom stereocenters. The van der Waals surface area contributed by atoms with Gasteiger partial charge in [0.15, 0.2) is 0 Å². The quantitative estimate of drug-likeness (QED) is 0.866. The Morgan fingerprint density at radius 2 is 1.81 bits per heavy atom. The molecule has 0 fully saturated rings. The molecule has 1 rings (SSSR count). The maximum Gasteiger partial charge on any atom is 0.243 e. The molecule has 0 atom stereocenters. The zero-order chi connectivity index (χ0) is 16.2. The number of nitrogens with zero attached hydrogens (tertiary/aromatic N) is 1. The van der Waals surface area contributed by atoms with Crippen molar-refractivity contribution in [2.45, 2.75) is 32.1 Å². The highest BCUT2D eigenvalue weighted by Gasteiger charge is 2.26. The first-order valence-corrected chi connectivity index (χ1v) is 8.14. The second kappa shape index (κ2) is 7.00. The minimum atomic E-state index is -3.83. The third kappa shape index (κ3) is 4.25. The molecule has 0 saturated carbocycles. The third-order valence-electron chi connectivity index (χ3n) is 3.03. The van der Waals surface area contributed by atoms with Crippen LogP contribution in [0.15, 0.2) is 17.0 Å². The summed E-state index contributed by atoms with van der Waals surface area (Å²) in [6, 6.07) is 2.34. The highest BCUT2D eigenvalue weighted by atomic mass is 32.2. The summed E-state index contributed by atoms with van der Waals surface area (Å²) >= 11 is 0. The maximum absolute atomic E-state index is 13.3. The molecule has 0 radical (unpaired) electrons. The number of amides is 1. The number of carbonyl (C=O) groups is 1. The molecule has 0 aromatic heterocycles. The smallest absolute Gasteiger partial charge is 0.243 e. The summed E-state index contributed by atoms with van der Waals surface area (Å²) in [5.74, 6) is -0.840. The van der Waals surface area contributed by atoms with Gasteiger partial charge in [0, 0.05) is 13.6 Å². The van der Waals surface area contributed by atoms with E-state index in [1.807, 2.05) is 6.92 Å². The van der Waals surface area contributed by atoms with Crippen molar-refractivity contribution in [3.8, 4) is 0 Å². The Bertz CT molecular complexity index is 606. The molecule has 0 bridgehead atoms. The fourth-order valence-electron chi connectivity index (χ4n) is 2.07. The summed E-state index contributed by atoms with van der Waals surface area (Å²) in [5.41, 5.74) is 0.654. The summed E-state index contributed by atoms with van der Waals surface area (Å²) in [6.07, 6.45) is 0.776. The highest BCUT2D eigenvalue weighted by Crippen LogP contribution is 2.24. The Hall–Kier alpha value is -1.47. The summed E-state index contributed by atoms with van der Waals surface area (Å²) < 4.78 is 39.3. The van der Waals surface area contributed by atoms with E-state index in [1.165, 1.54) is 33.0 Å². The van der Waals surface area contributed by atoms with Gasteiger partial charge in [-0.25, -0.2) is 12.8 Å². The van der Waals surface area contributed by atoms with Crippen molar-refractivity contribution in [2.75, 3.05) is 20.1 Å². The molecule has 118 valence electrons. The first-order chi connectivity index (χ1) is 9.70. The lowest BCUT2D eigenvalue weighted by Crippen LogP contribution is -2.39. The van der Waals surface area contributed by atoms with Crippen molar-refractivity contribution in [1.82, 2.24) is 9.62 Å². The minimum Gasteiger partial charge on any atom is -0.355 e. The van der Waals surface area contributed by atoms with Gasteiger partial charge in [0.05, 0.1) is 11.4 Å². The SMILES string of the molecule is CCCNC(=O)CN(C)S(=O)(=O)c1c(C)cc(F)cc1C. The van der Waals surface area contributed by atoms with Crippen molar-refractivity contribution in [3.05, 3.63) is 29.1 Å². The predicted molar refractivity (Wildman–Crippen MR) is 79.0 cm³/mol. The van der Waals surface area contributed by atoms with Crippen LogP contribution in [0, 0.1) is 19.7 Å². The van der Waals surface area contributed by atoms with Crippen molar-refractivity contribution >= 4 is 15.9 Å². The average molecular weight is 316 g/mol. The molecule has 1 aromatic carbocycles. The number of hydrogen-bond donors (Lipinski definition) is 1. The van der Waals surface area contributed by atoms with E-state index in [9.17, 15) is 17.6 Å². The Balaban J connectivity index is 3.03. The molecule has 0 aliphatic rings. The maximum atomic E-state index is 13.3. The highest BCUT2D eigenvalue weighted by molar-refractivity contribution is 7.89. The van der Waals surface area contributed by atoms with Crippen molar-refractivity contribution in [3.63, 3.8) is 0 Å². The molecular formula is C14H21FN2O3S. The lowest BCUT2D eigenvalue weighted by atomic mass is 10.1. The number of sulfonamides is 1. The first-order valence-electron chi connectivity index (χ1n) is 6.70. The Labute approximate surface area is 125 Å². The van der Waals surface area contributed by atoms with Gasteiger partial charge in [0.2, 0.25) is 15.9 Å². The summed E-state index contributed by atoms with van der Waals surface area (Å²) in [4.78, 5) is 11.7. The molecule has 0 heterocycles. The van der Waals surface area contributed by atoms with Crippen LogP contribution < -0.4 is 5.32 Å². The number of likely N-dealkylation sites (N-methyl/N-ethyl adjacent to an activating group) is 1. The van der Waals surface area contributed by atoms with E-state index in [2.05, 4.69) is 5.32 Å². The number of carbonyl (C=O) groups excluding carboxylic acids is 1. The van der Waals surface area contributed by atoms with Gasteiger partial charge in [-0.3, -0.25) is 4.79 Å². The van der Waals surface area contributed by atoms with Gasteiger partial charge in [-0.1, -0.05) is 6.92 Å². The van der Waals surface area contributed by atoms with E-state index in [-0.39, 0.29) is 17.3 Å². The van der Waals surface area contributed by atoms with Crippen molar-refractivity contribution in [2.24, 2.45) is 0 Å². The molecule has 5 nitrogen and oxygen atoms in total. The minimum absolute atomic E-state index is 0.0506. The van der Waals surface area contributed by atoms with E-state index >= 15 is 0 Å². The van der Waals surface area contributed by atoms with Crippen LogP contribution in [0.3, 0.4) is 0 Å². The second-order valence-corrected chi connectivity index (χ2v) is 6.96. The largest absolute Gasteiger partial charge is 0.355 e. The third-order valence-corrected chi connectivity index (χ3v) is 5.14. The summed E-state index contributed by atoms with van der Waals surface area (Å²) in [5, 5.41) is 2.62. The van der Waals surface area contributed by atoms with Crippen LogP contribution in [0.25, 0.3) is 0 Å². The number of aryl methyl sites for hydroxylation is 2. The van der Waals surface area contributed by atoms with Crippen molar-refractivity contribution in [1.29, 1.82) is 0 Å². The Kier molecular flexibility index (Phi) is 5.86. The number of halogens is 1. The van der Waals surface area contributed by atoms with Gasteiger partial charge in [-0.2, -0.15) is 4.31 Å². The van der Waals surface area contributed by atoms with Crippen LogP contribution in [0.1, 0.15) is 24.5 Å². The van der Waals surface area contributed by atoms with E-state index in [0.717, 1.165) is 10.7 Å². The van der Waals surface area contributed by atoms with E-state index < -0.39 is 15.8 Å². The zero-order valence-corrected chi connectivity index (χ0v) is 13.6. The molecule has 1 amide bonds. The van der Waals surface area contributed by atoms with Crippen LogP contribution in [0.5, 0.6) is 0 Å². The number of rotatable bonds is 6. The molecule has 0 aliphatic heterocycles. The van der Waals surface area contributed by atoms with Gasteiger partial charge in [-0.15, -0.1) is 0 Å². The van der Waals surface area contributed by atoms with Crippen LogP contribution >= 0.6 is 0 Å². The summed E-state index contributed by atoms with van der Waals surface area (Å²) in [6.45, 7) is 5.22. The van der Waals surface area contributed by atoms with Crippen molar-refractivity contribution < 1.29 is 17.6 Å². The average Bonchev–Trinajstić information content (AvgIpc) is 2.34. The fourth-order valence-corrected chi connectivity index (χ4v) is 3.60. The molecule has 0 aliphatic carbocycles. The number of hydrogen-bond acceptors (Lipinski definition) is 3. The lowest BCUT2D eigenvalue weighted by molar-refractivity contribution is -0.121. The van der Waals surface area contributed by atoms with Gasteiger partial charge < -0.3 is 5.32 Å². The molecule has 1 aromatic rings. The number of nitrogens with one attached hydrogen (secondary N) is 1. The fraction of sp³-hybridized carbons (Fsp3) is 0.500. The molecule has 21 heavy (non-hydrogen) atoms. The van der Waals surface area contributed by atoms with Gasteiger partial charge >= 0.3 is 0 Å². The molecular weight excluding hydrogens is 295 g/mol. The second-order valence-electron chi connectivity index (χ2n) is 4.98. The topological polar surface area (TPSA) is 66.5 Å². The monoisotopic (exact) mass is 316 g/mol. The van der Waals surface area contributed by atoms with E-state index in [4.69, 9.17) is 0 Å². The zero-order valence-electron chi connectivity index (χ0n) is 12.7. The molecule has 0 saturated heterocycles. The van der Waals surface area contributed by atoms with E-state index in [1.54, 1.807) is 0 Å². The van der Waals surface area contributed by atoms with Crippen LogP contribution in [-0.2, 0) is 14.8 Å². The van der Waals surface area contributed by atoms with Crippen LogP contribution in [0.4, 0.5) is 4.39 Å². The predicted octanol–water partition coefficient (Wildman–Crippen LogP) is 1.59. The molecule has 7 heteroatoms. The van der Waals surface area contributed by atoms with Crippen LogP contribution in [0.2, 0.25) is 0 Å². The Morgan fingerprint density at radius 3 is 2.29 bits per heavy atom. The molecule has 1 N–H and O–H groups in total. The Morgan fingerprint density at radius 1 is 1.29 bits per heavy atom. The van der Waals surface area contributed by atoms with Gasteiger partial charge in [0.1, 0.15) is 5.82 Å². The van der Waals surface area contributed by atoms with E-state index in [0.29, 0.717) is 17.7 Å². The normalized spacial score (nSPS) is 11.7. The standard InChI is InChI=1S/C14H21FN2O3S/c1-5-6-16-13(18)9-17(4)21(19,20)14-10(2)7-12(15)8-11(14)3/h7-8H,5-6,9H2,1-4H3,(H,16,18). The summed E-state index contributed by atoms with van der Waals surface area (Å²) in [7, 11) is -2.49. The molecule has 0 spiro atoms. The lowest BCUT2D eigenvalue weighted by Gasteiger charge is -2.19. The number of benzene rings is 1. The van der Waals surface area contributed by atoms with Crippen LogP contribution in [-0.4, -0.2) is 38.8 Å². The van der Waals surface area contributed by atoms with Gasteiger partial charge in [-0.05, 0) is 43.5 Å².